The first-order valence-electron chi connectivity index (χ1n) is 4.82. The van der Waals surface area contributed by atoms with Crippen molar-refractivity contribution in [2.24, 2.45) is 0 Å². The minimum atomic E-state index is -0.446. The third-order valence-corrected chi connectivity index (χ3v) is 2.24. The number of nitrogen functional groups attached to an aromatic ring is 1. The van der Waals surface area contributed by atoms with Gasteiger partial charge in [0.05, 0.1) is 12.4 Å². The van der Waals surface area contributed by atoms with Crippen LogP contribution < -0.4 is 5.73 Å². The van der Waals surface area contributed by atoms with Crippen LogP contribution in [0.3, 0.4) is 0 Å². The van der Waals surface area contributed by atoms with Gasteiger partial charge in [-0.1, -0.05) is 0 Å². The Morgan fingerprint density at radius 3 is 2.94 bits per heavy atom. The number of nitrogens with zero attached hydrogens (tertiary/aromatic N) is 5. The average Bonchev–Trinajstić information content (AvgIpc) is 2.77. The molecule has 0 aromatic carbocycles. The molecule has 3 aromatic heterocycles. The smallest absolute Gasteiger partial charge is 0.225 e. The normalized spacial score (nSPS) is 10.9. The zero-order valence-electron chi connectivity index (χ0n) is 8.58. The van der Waals surface area contributed by atoms with Crippen molar-refractivity contribution in [1.29, 1.82) is 0 Å². The minimum Gasteiger partial charge on any atom is -0.368 e. The summed E-state index contributed by atoms with van der Waals surface area (Å²) in [5, 5.41) is 3.95. The summed E-state index contributed by atoms with van der Waals surface area (Å²) in [6.45, 7) is 0. The molecule has 0 aliphatic heterocycles. The van der Waals surface area contributed by atoms with Crippen LogP contribution in [0.5, 0.6) is 0 Å². The van der Waals surface area contributed by atoms with Crippen molar-refractivity contribution < 1.29 is 4.39 Å². The van der Waals surface area contributed by atoms with Crippen LogP contribution >= 0.6 is 0 Å². The lowest BCUT2D eigenvalue weighted by Gasteiger charge is -2.02. The summed E-state index contributed by atoms with van der Waals surface area (Å²) in [6, 6.07) is 2.99. The van der Waals surface area contributed by atoms with E-state index in [0.29, 0.717) is 17.0 Å². The van der Waals surface area contributed by atoms with Gasteiger partial charge in [-0.3, -0.25) is 4.98 Å². The molecule has 0 aliphatic carbocycles. The lowest BCUT2D eigenvalue weighted by molar-refractivity contribution is 0.622. The van der Waals surface area contributed by atoms with Crippen molar-refractivity contribution in [1.82, 2.24) is 24.6 Å². The van der Waals surface area contributed by atoms with Crippen LogP contribution in [0.25, 0.3) is 17.0 Å². The fourth-order valence-electron chi connectivity index (χ4n) is 1.51. The maximum atomic E-state index is 13.0. The van der Waals surface area contributed by atoms with Gasteiger partial charge in [0, 0.05) is 17.8 Å². The van der Waals surface area contributed by atoms with E-state index >= 15 is 0 Å². The van der Waals surface area contributed by atoms with Crippen LogP contribution in [-0.2, 0) is 0 Å². The number of hydrogen-bond acceptors (Lipinski definition) is 5. The van der Waals surface area contributed by atoms with Gasteiger partial charge in [0.2, 0.25) is 5.95 Å². The van der Waals surface area contributed by atoms with Gasteiger partial charge in [-0.15, -0.1) is 0 Å². The zero-order valence-corrected chi connectivity index (χ0v) is 8.58. The fraction of sp³-hybridized carbons (Fsp3) is 0. The molecule has 0 saturated heterocycles. The topological polar surface area (TPSA) is 82.0 Å². The second-order valence-corrected chi connectivity index (χ2v) is 3.40. The summed E-state index contributed by atoms with van der Waals surface area (Å²) in [6.07, 6.45) is 4.16. The van der Waals surface area contributed by atoms with E-state index in [0.717, 1.165) is 6.20 Å². The Labute approximate surface area is 95.0 Å². The second kappa shape index (κ2) is 3.48. The van der Waals surface area contributed by atoms with Crippen molar-refractivity contribution in [3.8, 4) is 11.4 Å². The van der Waals surface area contributed by atoms with Gasteiger partial charge in [0.15, 0.2) is 11.5 Å². The summed E-state index contributed by atoms with van der Waals surface area (Å²) in [5.41, 5.74) is 6.74. The Balaban J connectivity index is 2.23. The molecule has 0 unspecified atom stereocenters. The van der Waals surface area contributed by atoms with Gasteiger partial charge in [-0.25, -0.2) is 9.37 Å². The van der Waals surface area contributed by atoms with Gasteiger partial charge in [-0.05, 0) is 6.07 Å². The molecule has 3 heterocycles. The molecule has 3 aromatic rings. The quantitative estimate of drug-likeness (QED) is 0.671. The third-order valence-electron chi connectivity index (χ3n) is 2.24. The molecule has 0 aliphatic rings. The van der Waals surface area contributed by atoms with Crippen LogP contribution in [0, 0.1) is 5.82 Å². The fourth-order valence-corrected chi connectivity index (χ4v) is 1.51. The first kappa shape index (κ1) is 9.64. The van der Waals surface area contributed by atoms with Crippen molar-refractivity contribution in [2.75, 3.05) is 5.73 Å². The molecule has 3 rings (SSSR count). The molecule has 0 saturated carbocycles. The van der Waals surface area contributed by atoms with Crippen molar-refractivity contribution in [2.45, 2.75) is 0 Å². The molecule has 6 nitrogen and oxygen atoms in total. The van der Waals surface area contributed by atoms with Crippen molar-refractivity contribution >= 4 is 11.6 Å². The standard InChI is InChI=1S/C10H7FN6/c11-7-3-6(4-13-5-7)9-15-8-1-2-14-17(8)10(12)16-9/h1-5H,(H2,12,15,16). The first-order valence-corrected chi connectivity index (χ1v) is 4.82. The molecular formula is C10H7FN6. The summed E-state index contributed by atoms with van der Waals surface area (Å²) in [7, 11) is 0. The predicted molar refractivity (Wildman–Crippen MR) is 58.4 cm³/mol. The average molecular weight is 230 g/mol. The van der Waals surface area contributed by atoms with Crippen LogP contribution in [0.1, 0.15) is 0 Å². The van der Waals surface area contributed by atoms with Gasteiger partial charge in [0.25, 0.3) is 0 Å². The minimum absolute atomic E-state index is 0.194. The van der Waals surface area contributed by atoms with E-state index in [-0.39, 0.29) is 5.95 Å². The molecular weight excluding hydrogens is 223 g/mol. The zero-order chi connectivity index (χ0) is 11.8. The van der Waals surface area contributed by atoms with Crippen LogP contribution in [0.2, 0.25) is 0 Å². The molecule has 0 radical (unpaired) electrons. The van der Waals surface area contributed by atoms with Gasteiger partial charge in [-0.2, -0.15) is 14.6 Å². The number of hydrogen-bond donors (Lipinski definition) is 1. The first-order chi connectivity index (χ1) is 8.24. The Hall–Kier alpha value is -2.57. The van der Waals surface area contributed by atoms with E-state index in [2.05, 4.69) is 20.1 Å². The number of pyridine rings is 1. The summed E-state index contributed by atoms with van der Waals surface area (Å²) in [5.74, 6) is 0.0693. The predicted octanol–water partition coefficient (Wildman–Crippen LogP) is 0.908. The van der Waals surface area contributed by atoms with Crippen molar-refractivity contribution in [3.05, 3.63) is 36.5 Å². The highest BCUT2D eigenvalue weighted by molar-refractivity contribution is 5.58. The van der Waals surface area contributed by atoms with E-state index in [1.807, 2.05) is 0 Å². The van der Waals surface area contributed by atoms with E-state index in [1.165, 1.54) is 16.8 Å². The van der Waals surface area contributed by atoms with Crippen LogP contribution in [0.4, 0.5) is 10.3 Å². The summed E-state index contributed by atoms with van der Waals surface area (Å²) < 4.78 is 14.4. The maximum Gasteiger partial charge on any atom is 0.225 e. The Bertz CT molecular complexity index is 692. The van der Waals surface area contributed by atoms with E-state index in [9.17, 15) is 4.39 Å². The number of halogens is 1. The Morgan fingerprint density at radius 2 is 2.12 bits per heavy atom. The lowest BCUT2D eigenvalue weighted by Crippen LogP contribution is -2.05. The molecule has 0 atom stereocenters. The van der Waals surface area contributed by atoms with E-state index < -0.39 is 5.82 Å². The summed E-state index contributed by atoms with van der Waals surface area (Å²) >= 11 is 0. The van der Waals surface area contributed by atoms with E-state index in [1.54, 1.807) is 12.3 Å². The van der Waals surface area contributed by atoms with Crippen LogP contribution in [-0.4, -0.2) is 24.6 Å². The van der Waals surface area contributed by atoms with E-state index in [4.69, 9.17) is 5.73 Å². The van der Waals surface area contributed by atoms with Gasteiger partial charge in [0.1, 0.15) is 5.82 Å². The largest absolute Gasteiger partial charge is 0.368 e. The number of fused-ring (bicyclic) bond motifs is 1. The highest BCUT2D eigenvalue weighted by Crippen LogP contribution is 2.16. The molecule has 0 bridgehead atoms. The van der Waals surface area contributed by atoms with Crippen molar-refractivity contribution in [3.63, 3.8) is 0 Å². The van der Waals surface area contributed by atoms with Crippen LogP contribution in [0.15, 0.2) is 30.7 Å². The number of nitrogens with two attached hydrogens (primary N) is 1. The highest BCUT2D eigenvalue weighted by atomic mass is 19.1. The number of rotatable bonds is 1. The summed E-state index contributed by atoms with van der Waals surface area (Å²) in [4.78, 5) is 12.0. The molecule has 0 spiro atoms. The molecule has 0 amide bonds. The lowest BCUT2D eigenvalue weighted by atomic mass is 10.2. The molecule has 2 N–H and O–H groups in total. The maximum absolute atomic E-state index is 13.0. The van der Waals surface area contributed by atoms with Gasteiger partial charge >= 0.3 is 0 Å². The number of aromatic nitrogens is 5. The van der Waals surface area contributed by atoms with Gasteiger partial charge < -0.3 is 5.73 Å². The molecule has 7 heteroatoms. The number of anilines is 1. The molecule has 17 heavy (non-hydrogen) atoms. The third kappa shape index (κ3) is 1.57. The molecule has 84 valence electrons. The SMILES string of the molecule is Nc1nc(-c2cncc(F)c2)nc2ccnn12. The monoisotopic (exact) mass is 230 g/mol. The molecule has 0 fully saturated rings. The Kier molecular flexibility index (Phi) is 1.97. The highest BCUT2D eigenvalue weighted by Gasteiger charge is 2.08. The second-order valence-electron chi connectivity index (χ2n) is 3.40. The Morgan fingerprint density at radius 1 is 1.24 bits per heavy atom.